The molecule has 0 radical (unpaired) electrons. The molecule has 4 unspecified atom stereocenters. The highest BCUT2D eigenvalue weighted by atomic mass is 32.1. The van der Waals surface area contributed by atoms with Gasteiger partial charge in [-0.2, -0.15) is 12.6 Å². The third-order valence-electron chi connectivity index (χ3n) is 5.29. The van der Waals surface area contributed by atoms with E-state index in [0.717, 1.165) is 0 Å². The van der Waals surface area contributed by atoms with E-state index >= 15 is 0 Å². The third-order valence-corrected chi connectivity index (χ3v) is 5.66. The average Bonchev–Trinajstić information content (AvgIpc) is 3.41. The molecule has 0 aliphatic carbocycles. The predicted molar refractivity (Wildman–Crippen MR) is 120 cm³/mol. The maximum Gasteiger partial charge on any atom is 0.327 e. The molecule has 2 rings (SSSR count). The Balaban J connectivity index is 2.16. The fourth-order valence-corrected chi connectivity index (χ4v) is 3.91. The van der Waals surface area contributed by atoms with Gasteiger partial charge >= 0.3 is 5.97 Å². The molecule has 3 amide bonds. The molecule has 0 spiro atoms. The highest BCUT2D eigenvalue weighted by Gasteiger charge is 2.39. The number of rotatable bonds is 11. The Hall–Kier alpha value is -2.60. The Morgan fingerprint density at radius 3 is 2.59 bits per heavy atom. The van der Waals surface area contributed by atoms with Crippen molar-refractivity contribution in [3.63, 3.8) is 0 Å². The number of hydrogen-bond donors (Lipinski definition) is 6. The van der Waals surface area contributed by atoms with Crippen molar-refractivity contribution in [1.29, 1.82) is 0 Å². The molecule has 1 fully saturated rings. The zero-order chi connectivity index (χ0) is 23.8. The Kier molecular flexibility index (Phi) is 9.51. The fraction of sp³-hybridized carbons (Fsp3) is 0.650. The standard InChI is InChI=1S/C20H32N6O5S/c1-11(2)6-13(21)17(27)24-14(7-12-8-22-10-23-12)19(29)26-5-3-4-16(26)18(28)25-15(9-32)20(30)31/h8,10-11,13-16,32H,3-7,9,21H2,1-2H3,(H,22,23)(H,24,27)(H,25,28)(H,30,31). The van der Waals surface area contributed by atoms with Crippen LogP contribution in [0.5, 0.6) is 0 Å². The second-order valence-electron chi connectivity index (χ2n) is 8.35. The normalized spacial score (nSPS) is 18.8. The summed E-state index contributed by atoms with van der Waals surface area (Å²) in [6.45, 7) is 4.22. The van der Waals surface area contributed by atoms with Gasteiger partial charge in [0.05, 0.1) is 12.4 Å². The maximum absolute atomic E-state index is 13.4. The van der Waals surface area contributed by atoms with Crippen LogP contribution in [-0.4, -0.2) is 80.1 Å². The molecule has 1 aromatic heterocycles. The summed E-state index contributed by atoms with van der Waals surface area (Å²) >= 11 is 3.95. The second-order valence-corrected chi connectivity index (χ2v) is 8.71. The van der Waals surface area contributed by atoms with E-state index < -0.39 is 47.9 Å². The van der Waals surface area contributed by atoms with Crippen LogP contribution in [-0.2, 0) is 25.6 Å². The Bertz CT molecular complexity index is 802. The van der Waals surface area contributed by atoms with E-state index in [1.807, 2.05) is 13.8 Å². The van der Waals surface area contributed by atoms with E-state index in [4.69, 9.17) is 5.73 Å². The van der Waals surface area contributed by atoms with Crippen LogP contribution in [0.3, 0.4) is 0 Å². The number of carboxylic acid groups (broad SMARTS) is 1. The summed E-state index contributed by atoms with van der Waals surface area (Å²) < 4.78 is 0. The number of aromatic nitrogens is 2. The van der Waals surface area contributed by atoms with Gasteiger partial charge in [0.1, 0.15) is 18.1 Å². The number of aromatic amines is 1. The van der Waals surface area contributed by atoms with Crippen molar-refractivity contribution in [2.45, 2.75) is 63.7 Å². The minimum absolute atomic E-state index is 0.0754. The lowest BCUT2D eigenvalue weighted by Crippen LogP contribution is -2.57. The van der Waals surface area contributed by atoms with Gasteiger partial charge in [-0.15, -0.1) is 0 Å². The minimum Gasteiger partial charge on any atom is -0.480 e. The number of nitrogens with two attached hydrogens (primary N) is 1. The smallest absolute Gasteiger partial charge is 0.327 e. The van der Waals surface area contributed by atoms with E-state index in [2.05, 4.69) is 33.2 Å². The molecular formula is C20H32N6O5S. The van der Waals surface area contributed by atoms with E-state index in [1.165, 1.54) is 11.2 Å². The first kappa shape index (κ1) is 25.7. The van der Waals surface area contributed by atoms with Gasteiger partial charge in [-0.25, -0.2) is 9.78 Å². The van der Waals surface area contributed by atoms with Crippen molar-refractivity contribution in [3.05, 3.63) is 18.2 Å². The predicted octanol–water partition coefficient (Wildman–Crippen LogP) is -0.699. The molecule has 1 aliphatic rings. The summed E-state index contributed by atoms with van der Waals surface area (Å²) in [5.74, 6) is -2.50. The largest absolute Gasteiger partial charge is 0.480 e. The molecular weight excluding hydrogens is 436 g/mol. The topological polar surface area (TPSA) is 171 Å². The zero-order valence-corrected chi connectivity index (χ0v) is 19.2. The summed E-state index contributed by atoms with van der Waals surface area (Å²) in [5.41, 5.74) is 6.62. The number of carbonyl (C=O) groups excluding carboxylic acids is 3. The van der Waals surface area contributed by atoms with E-state index in [0.29, 0.717) is 31.5 Å². The van der Waals surface area contributed by atoms with Crippen LogP contribution >= 0.6 is 12.6 Å². The highest BCUT2D eigenvalue weighted by molar-refractivity contribution is 7.80. The maximum atomic E-state index is 13.4. The minimum atomic E-state index is -1.20. The van der Waals surface area contributed by atoms with E-state index in [-0.39, 0.29) is 18.1 Å². The molecule has 0 saturated carbocycles. The van der Waals surface area contributed by atoms with Crippen LogP contribution in [0.2, 0.25) is 0 Å². The molecule has 11 nitrogen and oxygen atoms in total. The first-order valence-corrected chi connectivity index (χ1v) is 11.2. The zero-order valence-electron chi connectivity index (χ0n) is 18.3. The van der Waals surface area contributed by atoms with Gasteiger partial charge in [0.25, 0.3) is 0 Å². The van der Waals surface area contributed by atoms with Crippen LogP contribution in [0, 0.1) is 5.92 Å². The van der Waals surface area contributed by atoms with Gasteiger partial charge in [0.15, 0.2) is 0 Å². The van der Waals surface area contributed by atoms with Crippen molar-refractivity contribution in [2.75, 3.05) is 12.3 Å². The molecule has 0 bridgehead atoms. The Labute approximate surface area is 192 Å². The number of likely N-dealkylation sites (tertiary alicyclic amines) is 1. The summed E-state index contributed by atoms with van der Waals surface area (Å²) in [7, 11) is 0. The number of imidazole rings is 1. The number of carbonyl (C=O) groups is 4. The molecule has 12 heteroatoms. The third kappa shape index (κ3) is 6.95. The Morgan fingerprint density at radius 2 is 2.03 bits per heavy atom. The van der Waals surface area contributed by atoms with Crippen molar-refractivity contribution >= 4 is 36.3 Å². The molecule has 2 heterocycles. The van der Waals surface area contributed by atoms with Gasteiger partial charge in [0, 0.05) is 30.6 Å². The van der Waals surface area contributed by atoms with Gasteiger partial charge < -0.3 is 31.4 Å². The van der Waals surface area contributed by atoms with Crippen LogP contribution < -0.4 is 16.4 Å². The number of H-pyrrole nitrogens is 1. The Morgan fingerprint density at radius 1 is 1.31 bits per heavy atom. The quantitative estimate of drug-likeness (QED) is 0.233. The number of nitrogens with zero attached hydrogens (tertiary/aromatic N) is 2. The van der Waals surface area contributed by atoms with Crippen molar-refractivity contribution in [2.24, 2.45) is 11.7 Å². The van der Waals surface area contributed by atoms with E-state index in [9.17, 15) is 24.3 Å². The molecule has 1 aliphatic heterocycles. The monoisotopic (exact) mass is 468 g/mol. The first-order valence-electron chi connectivity index (χ1n) is 10.6. The second kappa shape index (κ2) is 11.9. The molecule has 32 heavy (non-hydrogen) atoms. The molecule has 4 atom stereocenters. The molecule has 0 aromatic carbocycles. The average molecular weight is 469 g/mol. The number of aliphatic carboxylic acids is 1. The molecule has 178 valence electrons. The number of hydrogen-bond acceptors (Lipinski definition) is 7. The van der Waals surface area contributed by atoms with Crippen molar-refractivity contribution < 1.29 is 24.3 Å². The van der Waals surface area contributed by atoms with Gasteiger partial charge in [0.2, 0.25) is 17.7 Å². The van der Waals surface area contributed by atoms with E-state index in [1.54, 1.807) is 6.20 Å². The lowest BCUT2D eigenvalue weighted by atomic mass is 10.0. The molecule has 6 N–H and O–H groups in total. The van der Waals surface area contributed by atoms with Gasteiger partial charge in [-0.05, 0) is 25.2 Å². The van der Waals surface area contributed by atoms with Gasteiger partial charge in [-0.3, -0.25) is 14.4 Å². The SMILES string of the molecule is CC(C)CC(N)C(=O)NC(Cc1cnc[nH]1)C(=O)N1CCCC1C(=O)NC(CS)C(=O)O. The summed E-state index contributed by atoms with van der Waals surface area (Å²) in [6.07, 6.45) is 4.62. The van der Waals surface area contributed by atoms with Crippen molar-refractivity contribution in [1.82, 2.24) is 25.5 Å². The van der Waals surface area contributed by atoms with Crippen LogP contribution in [0.15, 0.2) is 12.5 Å². The molecule has 1 aromatic rings. The number of thiol groups is 1. The summed E-state index contributed by atoms with van der Waals surface area (Å²) in [5, 5.41) is 14.3. The highest BCUT2D eigenvalue weighted by Crippen LogP contribution is 2.20. The number of carboxylic acids is 1. The van der Waals surface area contributed by atoms with Crippen LogP contribution in [0.25, 0.3) is 0 Å². The van der Waals surface area contributed by atoms with Gasteiger partial charge in [-0.1, -0.05) is 13.8 Å². The van der Waals surface area contributed by atoms with Crippen LogP contribution in [0.1, 0.15) is 38.8 Å². The summed E-state index contributed by atoms with van der Waals surface area (Å²) in [6, 6.07) is -3.70. The van der Waals surface area contributed by atoms with Crippen LogP contribution in [0.4, 0.5) is 0 Å². The first-order chi connectivity index (χ1) is 15.1. The fourth-order valence-electron chi connectivity index (χ4n) is 3.67. The lowest BCUT2D eigenvalue weighted by Gasteiger charge is -2.29. The van der Waals surface area contributed by atoms with Crippen molar-refractivity contribution in [3.8, 4) is 0 Å². The number of nitrogens with one attached hydrogen (secondary N) is 3. The molecule has 1 saturated heterocycles. The lowest BCUT2D eigenvalue weighted by molar-refractivity contribution is -0.144. The summed E-state index contributed by atoms with van der Waals surface area (Å²) in [4.78, 5) is 58.2. The number of amides is 3.